The van der Waals surface area contributed by atoms with E-state index in [1.54, 1.807) is 12.1 Å². The Morgan fingerprint density at radius 3 is 2.68 bits per heavy atom. The standard InChI is InChI=1S/C15H18BrFO2/c16-12-7-6-11(13(17)9-12)8-14(18)15(19)10-4-2-1-3-5-10/h6-7,9-10,15,19H,1-5,8H2. The smallest absolute Gasteiger partial charge is 0.166 e. The molecule has 0 radical (unpaired) electrons. The minimum absolute atomic E-state index is 0.0310. The van der Waals surface area contributed by atoms with E-state index < -0.39 is 11.9 Å². The van der Waals surface area contributed by atoms with Crippen molar-refractivity contribution in [2.75, 3.05) is 0 Å². The first kappa shape index (κ1) is 14.7. The van der Waals surface area contributed by atoms with Gasteiger partial charge in [-0.1, -0.05) is 41.3 Å². The van der Waals surface area contributed by atoms with Crippen molar-refractivity contribution in [3.05, 3.63) is 34.1 Å². The van der Waals surface area contributed by atoms with Crippen LogP contribution in [-0.4, -0.2) is 17.0 Å². The van der Waals surface area contributed by atoms with E-state index in [-0.39, 0.29) is 18.1 Å². The Bertz CT molecular complexity index is 455. The van der Waals surface area contributed by atoms with Gasteiger partial charge in [-0.3, -0.25) is 4.79 Å². The predicted molar refractivity (Wildman–Crippen MR) is 75.4 cm³/mol. The van der Waals surface area contributed by atoms with Crippen molar-refractivity contribution in [2.24, 2.45) is 5.92 Å². The van der Waals surface area contributed by atoms with Crippen LogP contribution in [0.2, 0.25) is 0 Å². The van der Waals surface area contributed by atoms with Crippen molar-refractivity contribution in [3.8, 4) is 0 Å². The molecule has 0 saturated heterocycles. The second-order valence-electron chi connectivity index (χ2n) is 5.22. The highest BCUT2D eigenvalue weighted by Gasteiger charge is 2.27. The van der Waals surface area contributed by atoms with E-state index in [4.69, 9.17) is 0 Å². The fourth-order valence-electron chi connectivity index (χ4n) is 2.67. The van der Waals surface area contributed by atoms with Crippen LogP contribution in [0.3, 0.4) is 0 Å². The number of hydrogen-bond acceptors (Lipinski definition) is 2. The van der Waals surface area contributed by atoms with Crippen LogP contribution in [0.5, 0.6) is 0 Å². The molecule has 1 N–H and O–H groups in total. The summed E-state index contributed by atoms with van der Waals surface area (Å²) in [5.41, 5.74) is 0.350. The molecular formula is C15H18BrFO2. The van der Waals surface area contributed by atoms with Crippen LogP contribution < -0.4 is 0 Å². The molecule has 0 bridgehead atoms. The molecule has 104 valence electrons. The van der Waals surface area contributed by atoms with Crippen molar-refractivity contribution in [1.29, 1.82) is 0 Å². The lowest BCUT2D eigenvalue weighted by Gasteiger charge is -2.25. The van der Waals surface area contributed by atoms with Gasteiger partial charge in [-0.05, 0) is 36.5 Å². The topological polar surface area (TPSA) is 37.3 Å². The molecular weight excluding hydrogens is 311 g/mol. The second-order valence-corrected chi connectivity index (χ2v) is 6.14. The number of ketones is 1. The van der Waals surface area contributed by atoms with Crippen molar-refractivity contribution in [3.63, 3.8) is 0 Å². The minimum Gasteiger partial charge on any atom is -0.385 e. The van der Waals surface area contributed by atoms with Crippen LogP contribution in [0.1, 0.15) is 37.7 Å². The molecule has 1 aromatic carbocycles. The molecule has 1 aliphatic carbocycles. The average Bonchev–Trinajstić information content (AvgIpc) is 2.42. The highest BCUT2D eigenvalue weighted by Crippen LogP contribution is 2.27. The Morgan fingerprint density at radius 2 is 2.05 bits per heavy atom. The molecule has 1 unspecified atom stereocenters. The SMILES string of the molecule is O=C(Cc1ccc(Br)cc1F)C(O)C1CCCCC1. The molecule has 1 fully saturated rings. The largest absolute Gasteiger partial charge is 0.385 e. The number of carbonyl (C=O) groups excluding carboxylic acids is 1. The molecule has 0 spiro atoms. The molecule has 0 aliphatic heterocycles. The number of carbonyl (C=O) groups is 1. The number of benzene rings is 1. The number of aliphatic hydroxyl groups is 1. The molecule has 19 heavy (non-hydrogen) atoms. The van der Waals surface area contributed by atoms with Gasteiger partial charge in [0, 0.05) is 10.9 Å². The van der Waals surface area contributed by atoms with E-state index in [1.165, 1.54) is 12.5 Å². The zero-order valence-electron chi connectivity index (χ0n) is 10.7. The van der Waals surface area contributed by atoms with Crippen molar-refractivity contribution in [2.45, 2.75) is 44.6 Å². The van der Waals surface area contributed by atoms with E-state index in [0.29, 0.717) is 10.0 Å². The summed E-state index contributed by atoms with van der Waals surface area (Å²) in [6, 6.07) is 4.64. The summed E-state index contributed by atoms with van der Waals surface area (Å²) in [5, 5.41) is 10.1. The molecule has 1 atom stereocenters. The molecule has 1 aromatic rings. The third-order valence-corrected chi connectivity index (χ3v) is 4.30. The fourth-order valence-corrected chi connectivity index (χ4v) is 3.00. The van der Waals surface area contributed by atoms with E-state index in [2.05, 4.69) is 15.9 Å². The maximum absolute atomic E-state index is 13.7. The van der Waals surface area contributed by atoms with Crippen molar-refractivity contribution >= 4 is 21.7 Å². The number of Topliss-reactive ketones (excluding diaryl/α,β-unsaturated/α-hetero) is 1. The van der Waals surface area contributed by atoms with Crippen LogP contribution in [0.4, 0.5) is 4.39 Å². The van der Waals surface area contributed by atoms with Crippen molar-refractivity contribution in [1.82, 2.24) is 0 Å². The monoisotopic (exact) mass is 328 g/mol. The summed E-state index contributed by atoms with van der Waals surface area (Å²) in [6.45, 7) is 0. The highest BCUT2D eigenvalue weighted by atomic mass is 79.9. The Labute approximate surface area is 121 Å². The van der Waals surface area contributed by atoms with Gasteiger partial charge in [-0.15, -0.1) is 0 Å². The maximum atomic E-state index is 13.7. The lowest BCUT2D eigenvalue weighted by atomic mass is 9.83. The first-order valence-corrected chi connectivity index (χ1v) is 7.52. The zero-order chi connectivity index (χ0) is 13.8. The van der Waals surface area contributed by atoms with E-state index >= 15 is 0 Å². The van der Waals surface area contributed by atoms with E-state index in [0.717, 1.165) is 25.7 Å². The molecule has 4 heteroatoms. The van der Waals surface area contributed by atoms with Crippen LogP contribution in [0, 0.1) is 11.7 Å². The van der Waals surface area contributed by atoms with E-state index in [1.807, 2.05) is 0 Å². The molecule has 0 aromatic heterocycles. The molecule has 0 heterocycles. The zero-order valence-corrected chi connectivity index (χ0v) is 12.3. The van der Waals surface area contributed by atoms with Crippen LogP contribution in [0.15, 0.2) is 22.7 Å². The van der Waals surface area contributed by atoms with Crippen LogP contribution >= 0.6 is 15.9 Å². The molecule has 2 rings (SSSR count). The van der Waals surface area contributed by atoms with Crippen LogP contribution in [0.25, 0.3) is 0 Å². The van der Waals surface area contributed by atoms with Gasteiger partial charge < -0.3 is 5.11 Å². The van der Waals surface area contributed by atoms with Crippen molar-refractivity contribution < 1.29 is 14.3 Å². The van der Waals surface area contributed by atoms with Gasteiger partial charge >= 0.3 is 0 Å². The number of halogens is 2. The lowest BCUT2D eigenvalue weighted by molar-refractivity contribution is -0.129. The Morgan fingerprint density at radius 1 is 1.37 bits per heavy atom. The van der Waals surface area contributed by atoms with Gasteiger partial charge in [0.1, 0.15) is 11.9 Å². The van der Waals surface area contributed by atoms with Gasteiger partial charge in [0.2, 0.25) is 0 Å². The number of rotatable bonds is 4. The summed E-state index contributed by atoms with van der Waals surface area (Å²) in [7, 11) is 0. The van der Waals surface area contributed by atoms with Gasteiger partial charge in [0.05, 0.1) is 0 Å². The second kappa shape index (κ2) is 6.62. The summed E-state index contributed by atoms with van der Waals surface area (Å²) >= 11 is 3.18. The average molecular weight is 329 g/mol. The minimum atomic E-state index is -0.941. The lowest BCUT2D eigenvalue weighted by Crippen LogP contribution is -2.32. The molecule has 1 aliphatic rings. The summed E-state index contributed by atoms with van der Waals surface area (Å²) in [6.07, 6.45) is 4.15. The van der Waals surface area contributed by atoms with E-state index in [9.17, 15) is 14.3 Å². The first-order valence-electron chi connectivity index (χ1n) is 6.72. The fraction of sp³-hybridized carbons (Fsp3) is 0.533. The quantitative estimate of drug-likeness (QED) is 0.916. The Balaban J connectivity index is 1.99. The normalized spacial score (nSPS) is 18.3. The maximum Gasteiger partial charge on any atom is 0.166 e. The van der Waals surface area contributed by atoms with Gasteiger partial charge in [-0.2, -0.15) is 0 Å². The highest BCUT2D eigenvalue weighted by molar-refractivity contribution is 9.10. The van der Waals surface area contributed by atoms with Gasteiger partial charge in [0.25, 0.3) is 0 Å². The number of hydrogen-bond donors (Lipinski definition) is 1. The third kappa shape index (κ3) is 3.86. The number of aliphatic hydroxyl groups excluding tert-OH is 1. The molecule has 2 nitrogen and oxygen atoms in total. The van der Waals surface area contributed by atoms with Crippen LogP contribution in [-0.2, 0) is 11.2 Å². The summed E-state index contributed by atoms with van der Waals surface area (Å²) < 4.78 is 14.3. The third-order valence-electron chi connectivity index (χ3n) is 3.81. The Hall–Kier alpha value is -0.740. The summed E-state index contributed by atoms with van der Waals surface area (Å²) in [5.74, 6) is -0.619. The summed E-state index contributed by atoms with van der Waals surface area (Å²) in [4.78, 5) is 12.0. The van der Waals surface area contributed by atoms with Gasteiger partial charge in [-0.25, -0.2) is 4.39 Å². The predicted octanol–water partition coefficient (Wildman–Crippen LogP) is 3.64. The molecule has 1 saturated carbocycles. The first-order chi connectivity index (χ1) is 9.08. The Kier molecular flexibility index (Phi) is 5.11. The molecule has 0 amide bonds. The van der Waals surface area contributed by atoms with Gasteiger partial charge in [0.15, 0.2) is 5.78 Å².